The van der Waals surface area contributed by atoms with Gasteiger partial charge in [-0.2, -0.15) is 0 Å². The monoisotopic (exact) mass is 342 g/mol. The largest absolute Gasteiger partial charge is 0.497 e. The molecule has 25 heavy (non-hydrogen) atoms. The van der Waals surface area contributed by atoms with Crippen LogP contribution in [0.25, 0.3) is 0 Å². The lowest BCUT2D eigenvalue weighted by Gasteiger charge is -2.18. The minimum atomic E-state index is -0.662. The van der Waals surface area contributed by atoms with Crippen LogP contribution in [0.3, 0.4) is 0 Å². The van der Waals surface area contributed by atoms with Crippen molar-refractivity contribution in [2.24, 2.45) is 5.73 Å². The summed E-state index contributed by atoms with van der Waals surface area (Å²) in [6.45, 7) is 3.60. The van der Waals surface area contributed by atoms with Gasteiger partial charge in [-0.05, 0) is 55.3 Å². The van der Waals surface area contributed by atoms with Crippen molar-refractivity contribution < 1.29 is 19.1 Å². The fourth-order valence-corrected chi connectivity index (χ4v) is 2.39. The van der Waals surface area contributed by atoms with E-state index in [4.69, 9.17) is 15.2 Å². The second kappa shape index (κ2) is 8.19. The van der Waals surface area contributed by atoms with Crippen LogP contribution in [0.15, 0.2) is 42.5 Å². The molecule has 2 amide bonds. The standard InChI is InChI=1S/C19H22N2O4/c1-4-17(25-14-10-8-13(24-3)9-11-14)19(23)21-16-7-5-6-15(12(16)2)18(20)22/h5-11,17H,4H2,1-3H3,(H2,20,22)(H,21,23). The molecule has 0 spiro atoms. The van der Waals surface area contributed by atoms with Gasteiger partial charge in [-0.3, -0.25) is 9.59 Å². The second-order valence-corrected chi connectivity index (χ2v) is 5.52. The average Bonchev–Trinajstić information content (AvgIpc) is 2.61. The zero-order valence-corrected chi connectivity index (χ0v) is 14.5. The summed E-state index contributed by atoms with van der Waals surface area (Å²) in [7, 11) is 1.58. The lowest BCUT2D eigenvalue weighted by atomic mass is 10.1. The number of carbonyl (C=O) groups is 2. The molecule has 0 radical (unpaired) electrons. The number of nitrogens with two attached hydrogens (primary N) is 1. The van der Waals surface area contributed by atoms with E-state index in [9.17, 15) is 9.59 Å². The number of hydrogen-bond acceptors (Lipinski definition) is 4. The molecule has 0 fully saturated rings. The third kappa shape index (κ3) is 4.50. The highest BCUT2D eigenvalue weighted by Gasteiger charge is 2.20. The Balaban J connectivity index is 2.12. The van der Waals surface area contributed by atoms with Gasteiger partial charge in [0.1, 0.15) is 11.5 Å². The fourth-order valence-electron chi connectivity index (χ4n) is 2.39. The highest BCUT2D eigenvalue weighted by Crippen LogP contribution is 2.21. The van der Waals surface area contributed by atoms with Crippen molar-refractivity contribution in [2.75, 3.05) is 12.4 Å². The molecule has 0 aliphatic carbocycles. The van der Waals surface area contributed by atoms with Crippen LogP contribution in [0.5, 0.6) is 11.5 Å². The molecular formula is C19H22N2O4. The molecule has 6 nitrogen and oxygen atoms in total. The van der Waals surface area contributed by atoms with Crippen LogP contribution in [0.2, 0.25) is 0 Å². The zero-order valence-electron chi connectivity index (χ0n) is 14.5. The van der Waals surface area contributed by atoms with Gasteiger partial charge in [-0.15, -0.1) is 0 Å². The molecule has 0 saturated heterocycles. The molecule has 6 heteroatoms. The number of carbonyl (C=O) groups excluding carboxylic acids is 2. The Labute approximate surface area is 146 Å². The normalized spacial score (nSPS) is 11.5. The molecule has 1 atom stereocenters. The molecule has 2 aromatic rings. The van der Waals surface area contributed by atoms with Gasteiger partial charge >= 0.3 is 0 Å². The summed E-state index contributed by atoms with van der Waals surface area (Å²) in [5.74, 6) is 0.465. The SMILES string of the molecule is CCC(Oc1ccc(OC)cc1)C(=O)Nc1cccc(C(N)=O)c1C. The molecule has 0 aromatic heterocycles. The van der Waals surface area contributed by atoms with E-state index in [1.165, 1.54) is 0 Å². The summed E-state index contributed by atoms with van der Waals surface area (Å²) in [5.41, 5.74) is 6.88. The first-order valence-corrected chi connectivity index (χ1v) is 7.97. The smallest absolute Gasteiger partial charge is 0.265 e. The summed E-state index contributed by atoms with van der Waals surface area (Å²) >= 11 is 0. The third-order valence-electron chi connectivity index (χ3n) is 3.86. The predicted octanol–water partition coefficient (Wildman–Crippen LogP) is 2.90. The number of benzene rings is 2. The highest BCUT2D eigenvalue weighted by molar-refractivity contribution is 5.99. The maximum atomic E-state index is 12.5. The zero-order chi connectivity index (χ0) is 18.4. The first kappa shape index (κ1) is 18.3. The van der Waals surface area contributed by atoms with E-state index >= 15 is 0 Å². The minimum Gasteiger partial charge on any atom is -0.497 e. The lowest BCUT2D eigenvalue weighted by molar-refractivity contribution is -0.122. The Morgan fingerprint density at radius 1 is 1.12 bits per heavy atom. The molecule has 2 aromatic carbocycles. The van der Waals surface area contributed by atoms with E-state index in [1.807, 2.05) is 6.92 Å². The Morgan fingerprint density at radius 3 is 2.32 bits per heavy atom. The number of nitrogens with one attached hydrogen (secondary N) is 1. The van der Waals surface area contributed by atoms with Gasteiger partial charge in [0.2, 0.25) is 5.91 Å². The van der Waals surface area contributed by atoms with Crippen LogP contribution >= 0.6 is 0 Å². The molecule has 1 unspecified atom stereocenters. The average molecular weight is 342 g/mol. The minimum absolute atomic E-state index is 0.289. The van der Waals surface area contributed by atoms with Crippen LogP contribution in [0, 0.1) is 6.92 Å². The van der Waals surface area contributed by atoms with Crippen molar-refractivity contribution in [3.8, 4) is 11.5 Å². The fraction of sp³-hybridized carbons (Fsp3) is 0.263. The summed E-state index contributed by atoms with van der Waals surface area (Å²) < 4.78 is 10.9. The summed E-state index contributed by atoms with van der Waals surface area (Å²) in [6, 6.07) is 12.0. The van der Waals surface area contributed by atoms with Crippen molar-refractivity contribution in [1.29, 1.82) is 0 Å². The lowest BCUT2D eigenvalue weighted by Crippen LogP contribution is -2.32. The van der Waals surface area contributed by atoms with Crippen molar-refractivity contribution in [3.63, 3.8) is 0 Å². The summed E-state index contributed by atoms with van der Waals surface area (Å²) in [5, 5.41) is 2.80. The number of ether oxygens (including phenoxy) is 2. The van der Waals surface area contributed by atoms with Crippen molar-refractivity contribution in [3.05, 3.63) is 53.6 Å². The van der Waals surface area contributed by atoms with Gasteiger partial charge in [0.05, 0.1) is 7.11 Å². The van der Waals surface area contributed by atoms with Crippen LogP contribution in [-0.2, 0) is 4.79 Å². The first-order valence-electron chi connectivity index (χ1n) is 7.97. The number of primary amides is 1. The van der Waals surface area contributed by atoms with Crippen LogP contribution in [-0.4, -0.2) is 25.0 Å². The van der Waals surface area contributed by atoms with Gasteiger partial charge in [0.25, 0.3) is 5.91 Å². The summed E-state index contributed by atoms with van der Waals surface area (Å²) in [4.78, 5) is 23.9. The van der Waals surface area contributed by atoms with Crippen molar-refractivity contribution in [2.45, 2.75) is 26.4 Å². The molecule has 132 valence electrons. The van der Waals surface area contributed by atoms with E-state index in [2.05, 4.69) is 5.32 Å². The van der Waals surface area contributed by atoms with Crippen molar-refractivity contribution >= 4 is 17.5 Å². The van der Waals surface area contributed by atoms with Crippen LogP contribution < -0.4 is 20.5 Å². The molecule has 0 saturated carbocycles. The summed E-state index contributed by atoms with van der Waals surface area (Å²) in [6.07, 6.45) is -0.170. The van der Waals surface area contributed by atoms with Crippen molar-refractivity contribution in [1.82, 2.24) is 0 Å². The maximum absolute atomic E-state index is 12.5. The topological polar surface area (TPSA) is 90.7 Å². The first-order chi connectivity index (χ1) is 12.0. The number of rotatable bonds is 7. The molecule has 3 N–H and O–H groups in total. The Kier molecular flexibility index (Phi) is 6.00. The van der Waals surface area contributed by atoms with Gasteiger partial charge in [0.15, 0.2) is 6.10 Å². The molecule has 0 bridgehead atoms. The number of hydrogen-bond donors (Lipinski definition) is 2. The molecule has 0 aliphatic heterocycles. The molecule has 0 aliphatic rings. The Morgan fingerprint density at radius 2 is 1.76 bits per heavy atom. The maximum Gasteiger partial charge on any atom is 0.265 e. The van der Waals surface area contributed by atoms with Gasteiger partial charge in [-0.1, -0.05) is 13.0 Å². The number of methoxy groups -OCH3 is 1. The number of amides is 2. The van der Waals surface area contributed by atoms with Gasteiger partial charge < -0.3 is 20.5 Å². The highest BCUT2D eigenvalue weighted by atomic mass is 16.5. The quantitative estimate of drug-likeness (QED) is 0.809. The van der Waals surface area contributed by atoms with Crippen LogP contribution in [0.1, 0.15) is 29.3 Å². The second-order valence-electron chi connectivity index (χ2n) is 5.52. The van der Waals surface area contributed by atoms with E-state index in [-0.39, 0.29) is 5.91 Å². The van der Waals surface area contributed by atoms with Gasteiger partial charge in [-0.25, -0.2) is 0 Å². The van der Waals surface area contributed by atoms with Gasteiger partial charge in [0, 0.05) is 11.3 Å². The van der Waals surface area contributed by atoms with E-state index in [0.717, 1.165) is 0 Å². The predicted molar refractivity (Wildman–Crippen MR) is 96.0 cm³/mol. The molecule has 0 heterocycles. The van der Waals surface area contributed by atoms with E-state index in [1.54, 1.807) is 56.5 Å². The molecular weight excluding hydrogens is 320 g/mol. The number of anilines is 1. The van der Waals surface area contributed by atoms with E-state index < -0.39 is 12.0 Å². The van der Waals surface area contributed by atoms with E-state index in [0.29, 0.717) is 34.7 Å². The third-order valence-corrected chi connectivity index (χ3v) is 3.86. The Bertz CT molecular complexity index is 757. The molecule has 2 rings (SSSR count). The van der Waals surface area contributed by atoms with Crippen LogP contribution in [0.4, 0.5) is 5.69 Å². The Hall–Kier alpha value is -3.02.